The molecule has 4 bridgehead atoms. The summed E-state index contributed by atoms with van der Waals surface area (Å²) in [4.78, 5) is 40.3. The molecule has 160 valence electrons. The minimum Gasteiger partial charge on any atom is -0.454 e. The number of hydrogen-bond acceptors (Lipinski definition) is 4. The van der Waals surface area contributed by atoms with Gasteiger partial charge in [-0.1, -0.05) is 12.8 Å². The first kappa shape index (κ1) is 19.4. The van der Waals surface area contributed by atoms with Crippen LogP contribution in [0.25, 0.3) is 0 Å². The van der Waals surface area contributed by atoms with Crippen molar-refractivity contribution in [3.8, 4) is 0 Å². The fraction of sp³-hybridized carbons (Fsp3) is 0.870. The van der Waals surface area contributed by atoms with Crippen LogP contribution in [0.3, 0.4) is 0 Å². The van der Waals surface area contributed by atoms with Gasteiger partial charge in [0.1, 0.15) is 6.04 Å². The van der Waals surface area contributed by atoms with Gasteiger partial charge in [0.05, 0.1) is 5.41 Å². The summed E-state index contributed by atoms with van der Waals surface area (Å²) in [5.74, 6) is 1.70. The molecule has 6 heteroatoms. The first-order valence-corrected chi connectivity index (χ1v) is 11.8. The molecule has 1 N–H and O–H groups in total. The first-order valence-electron chi connectivity index (χ1n) is 11.8. The Morgan fingerprint density at radius 3 is 2.14 bits per heavy atom. The average Bonchev–Trinajstić information content (AvgIpc) is 3.36. The van der Waals surface area contributed by atoms with Gasteiger partial charge in [-0.05, 0) is 82.0 Å². The molecule has 0 unspecified atom stereocenters. The monoisotopic (exact) mass is 402 g/mol. The van der Waals surface area contributed by atoms with Crippen molar-refractivity contribution >= 4 is 17.8 Å². The van der Waals surface area contributed by atoms with E-state index in [1.165, 1.54) is 19.3 Å². The Bertz CT molecular complexity index is 649. The molecule has 0 aromatic heterocycles. The molecule has 0 radical (unpaired) electrons. The molecule has 0 aromatic carbocycles. The number of amides is 2. The largest absolute Gasteiger partial charge is 0.454 e. The van der Waals surface area contributed by atoms with Gasteiger partial charge in [0, 0.05) is 12.6 Å². The Morgan fingerprint density at radius 2 is 1.52 bits per heavy atom. The van der Waals surface area contributed by atoms with Crippen LogP contribution in [-0.4, -0.2) is 47.9 Å². The maximum absolute atomic E-state index is 13.6. The number of ether oxygens (including phenoxy) is 1. The maximum atomic E-state index is 13.6. The third-order valence-corrected chi connectivity index (χ3v) is 8.34. The average molecular weight is 403 g/mol. The molecule has 6 fully saturated rings. The fourth-order valence-electron chi connectivity index (χ4n) is 7.50. The number of carbonyl (C=O) groups is 3. The Balaban J connectivity index is 1.19. The Hall–Kier alpha value is -1.59. The highest BCUT2D eigenvalue weighted by molar-refractivity contribution is 5.90. The smallest absolute Gasteiger partial charge is 0.329 e. The summed E-state index contributed by atoms with van der Waals surface area (Å²) in [5.41, 5.74) is -0.225. The first-order chi connectivity index (χ1) is 14.0. The number of rotatable bonds is 5. The van der Waals surface area contributed by atoms with Crippen LogP contribution in [0.5, 0.6) is 0 Å². The van der Waals surface area contributed by atoms with Crippen LogP contribution in [0, 0.1) is 23.2 Å². The van der Waals surface area contributed by atoms with Crippen molar-refractivity contribution in [1.29, 1.82) is 0 Å². The fourth-order valence-corrected chi connectivity index (χ4v) is 7.50. The van der Waals surface area contributed by atoms with Crippen molar-refractivity contribution in [3.63, 3.8) is 0 Å². The predicted octanol–water partition coefficient (Wildman–Crippen LogP) is 2.80. The topological polar surface area (TPSA) is 75.7 Å². The van der Waals surface area contributed by atoms with Crippen LogP contribution in [-0.2, 0) is 19.1 Å². The van der Waals surface area contributed by atoms with Crippen molar-refractivity contribution in [2.75, 3.05) is 13.2 Å². The van der Waals surface area contributed by atoms with E-state index < -0.39 is 12.0 Å². The molecule has 6 nitrogen and oxygen atoms in total. The van der Waals surface area contributed by atoms with E-state index in [1.807, 2.05) is 4.90 Å². The Kier molecular flexibility index (Phi) is 5.07. The summed E-state index contributed by atoms with van der Waals surface area (Å²) in [6, 6.07) is -0.281. The standard InChI is InChI=1S/C23H34N2O4/c26-20(24-18-4-1-2-5-18)14-29-21(27)19-6-3-7-25(19)22(28)23-11-15-8-16(12-23)10-17(9-15)13-23/h15-19H,1-14H2,(H,24,26)/t15?,16?,17?,19-,23?/m0/s1. The van der Waals surface area contributed by atoms with Gasteiger partial charge >= 0.3 is 5.97 Å². The van der Waals surface area contributed by atoms with E-state index in [2.05, 4.69) is 5.32 Å². The highest BCUT2D eigenvalue weighted by atomic mass is 16.5. The molecule has 1 aliphatic heterocycles. The van der Waals surface area contributed by atoms with Crippen LogP contribution < -0.4 is 5.32 Å². The van der Waals surface area contributed by atoms with Crippen LogP contribution in [0.15, 0.2) is 0 Å². The van der Waals surface area contributed by atoms with Gasteiger partial charge in [-0.25, -0.2) is 4.79 Å². The van der Waals surface area contributed by atoms with Crippen molar-refractivity contribution in [1.82, 2.24) is 10.2 Å². The second kappa shape index (κ2) is 7.59. The van der Waals surface area contributed by atoms with Gasteiger partial charge < -0.3 is 15.0 Å². The van der Waals surface area contributed by atoms with Crippen LogP contribution in [0.4, 0.5) is 0 Å². The van der Waals surface area contributed by atoms with E-state index in [0.717, 1.165) is 51.4 Å². The molecule has 1 atom stereocenters. The number of carbonyl (C=O) groups excluding carboxylic acids is 3. The lowest BCUT2D eigenvalue weighted by Gasteiger charge is -2.56. The predicted molar refractivity (Wildman–Crippen MR) is 107 cm³/mol. The summed E-state index contributed by atoms with van der Waals surface area (Å²) < 4.78 is 5.35. The molecular weight excluding hydrogens is 368 g/mol. The molecule has 6 rings (SSSR count). The zero-order valence-corrected chi connectivity index (χ0v) is 17.4. The van der Waals surface area contributed by atoms with Gasteiger partial charge in [0.25, 0.3) is 5.91 Å². The van der Waals surface area contributed by atoms with Crippen molar-refractivity contribution in [2.24, 2.45) is 23.2 Å². The lowest BCUT2D eigenvalue weighted by Crippen LogP contribution is -2.56. The number of esters is 1. The van der Waals surface area contributed by atoms with Gasteiger partial charge in [-0.3, -0.25) is 9.59 Å². The maximum Gasteiger partial charge on any atom is 0.329 e. The van der Waals surface area contributed by atoms with E-state index in [-0.39, 0.29) is 29.9 Å². The van der Waals surface area contributed by atoms with Crippen LogP contribution >= 0.6 is 0 Å². The number of hydrogen-bond donors (Lipinski definition) is 1. The van der Waals surface area contributed by atoms with E-state index in [9.17, 15) is 14.4 Å². The molecule has 5 saturated carbocycles. The molecule has 0 aromatic rings. The molecule has 6 aliphatic rings. The Labute approximate surface area is 173 Å². The zero-order chi connectivity index (χ0) is 20.0. The lowest BCUT2D eigenvalue weighted by molar-refractivity contribution is -0.166. The molecule has 0 spiro atoms. The highest BCUT2D eigenvalue weighted by Crippen LogP contribution is 2.60. The van der Waals surface area contributed by atoms with Crippen molar-refractivity contribution < 1.29 is 19.1 Å². The van der Waals surface area contributed by atoms with Crippen molar-refractivity contribution in [2.45, 2.75) is 89.1 Å². The molecule has 5 aliphatic carbocycles. The molecule has 1 heterocycles. The van der Waals surface area contributed by atoms with Gasteiger partial charge in [-0.15, -0.1) is 0 Å². The Morgan fingerprint density at radius 1 is 0.897 bits per heavy atom. The summed E-state index contributed by atoms with van der Waals surface area (Å²) in [6.45, 7) is 0.417. The number of nitrogens with zero attached hydrogens (tertiary/aromatic N) is 1. The summed E-state index contributed by atoms with van der Waals surface area (Å²) in [5, 5.41) is 2.95. The van der Waals surface area contributed by atoms with Gasteiger partial charge in [0.2, 0.25) is 5.91 Å². The third kappa shape index (κ3) is 3.68. The van der Waals surface area contributed by atoms with E-state index in [0.29, 0.717) is 30.7 Å². The molecule has 29 heavy (non-hydrogen) atoms. The lowest BCUT2D eigenvalue weighted by atomic mass is 9.49. The second-order valence-electron chi connectivity index (χ2n) is 10.5. The third-order valence-electron chi connectivity index (χ3n) is 8.34. The minimum atomic E-state index is -0.505. The van der Waals surface area contributed by atoms with Gasteiger partial charge in [0.15, 0.2) is 6.61 Å². The van der Waals surface area contributed by atoms with Crippen LogP contribution in [0.2, 0.25) is 0 Å². The highest BCUT2D eigenvalue weighted by Gasteiger charge is 2.57. The second-order valence-corrected chi connectivity index (χ2v) is 10.5. The quantitative estimate of drug-likeness (QED) is 0.718. The zero-order valence-electron chi connectivity index (χ0n) is 17.4. The van der Waals surface area contributed by atoms with E-state index >= 15 is 0 Å². The molecular formula is C23H34N2O4. The number of likely N-dealkylation sites (tertiary alicyclic amines) is 1. The molecule has 2 amide bonds. The summed E-state index contributed by atoms with van der Waals surface area (Å²) in [6.07, 6.45) is 12.7. The normalized spacial score (nSPS) is 38.4. The van der Waals surface area contributed by atoms with E-state index in [4.69, 9.17) is 4.74 Å². The SMILES string of the molecule is O=C(COC(=O)[C@@H]1CCCN1C(=O)C12CC3CC(CC(C3)C1)C2)NC1CCCC1. The number of nitrogens with one attached hydrogen (secondary N) is 1. The minimum absolute atomic E-state index is 0.200. The van der Waals surface area contributed by atoms with Crippen LogP contribution in [0.1, 0.15) is 77.0 Å². The van der Waals surface area contributed by atoms with E-state index in [1.54, 1.807) is 0 Å². The molecule has 1 saturated heterocycles. The van der Waals surface area contributed by atoms with Crippen molar-refractivity contribution in [3.05, 3.63) is 0 Å². The van der Waals surface area contributed by atoms with Gasteiger partial charge in [-0.2, -0.15) is 0 Å². The summed E-state index contributed by atoms with van der Waals surface area (Å²) in [7, 11) is 0. The summed E-state index contributed by atoms with van der Waals surface area (Å²) >= 11 is 0.